The molecule has 0 radical (unpaired) electrons. The number of fused-ring (bicyclic) bond motifs is 1. The number of benzene rings is 1. The molecule has 2 amide bonds. The van der Waals surface area contributed by atoms with Crippen LogP contribution in [0.2, 0.25) is 0 Å². The molecule has 1 aromatic heterocycles. The van der Waals surface area contributed by atoms with Gasteiger partial charge in [0.2, 0.25) is 0 Å². The monoisotopic (exact) mass is 491 g/mol. The van der Waals surface area contributed by atoms with Crippen LogP contribution < -0.4 is 22.5 Å². The number of hydrogen-bond donors (Lipinski definition) is 3. The molecule has 192 valence electrons. The fourth-order valence-electron chi connectivity index (χ4n) is 7.18. The minimum absolute atomic E-state index is 0.203. The van der Waals surface area contributed by atoms with E-state index in [4.69, 9.17) is 11.5 Å². The molecule has 6 rings (SSSR count). The summed E-state index contributed by atoms with van der Waals surface area (Å²) in [5.41, 5.74) is 14.6. The quantitative estimate of drug-likeness (QED) is 0.602. The fourth-order valence-corrected chi connectivity index (χ4v) is 7.18. The predicted octanol–water partition coefficient (Wildman–Crippen LogP) is 2.14. The molecule has 3 atom stereocenters. The van der Waals surface area contributed by atoms with Gasteiger partial charge < -0.3 is 16.4 Å². The van der Waals surface area contributed by atoms with Crippen LogP contribution in [0.15, 0.2) is 41.3 Å². The molecule has 2 saturated heterocycles. The Bertz CT molecular complexity index is 1210. The maximum Gasteiger partial charge on any atom is 0.354 e. The molecule has 2 aliphatic carbocycles. The van der Waals surface area contributed by atoms with E-state index in [2.05, 4.69) is 41.2 Å². The third-order valence-electron chi connectivity index (χ3n) is 9.86. The van der Waals surface area contributed by atoms with Crippen molar-refractivity contribution in [1.29, 1.82) is 0 Å². The summed E-state index contributed by atoms with van der Waals surface area (Å²) < 4.78 is 1.50. The zero-order valence-corrected chi connectivity index (χ0v) is 21.2. The first-order chi connectivity index (χ1) is 17.1. The number of anilines is 1. The first-order valence-corrected chi connectivity index (χ1v) is 13.1. The molecule has 3 heterocycles. The number of rotatable bonds is 4. The molecule has 2 aliphatic heterocycles. The molecule has 36 heavy (non-hydrogen) atoms. The molecule has 2 unspecified atom stereocenters. The molecule has 9 nitrogen and oxygen atoms in total. The third-order valence-corrected chi connectivity index (χ3v) is 9.86. The highest BCUT2D eigenvalue weighted by molar-refractivity contribution is 5.88. The van der Waals surface area contributed by atoms with Crippen LogP contribution in [0.1, 0.15) is 45.1 Å². The van der Waals surface area contributed by atoms with Gasteiger partial charge in [-0.15, -0.1) is 0 Å². The summed E-state index contributed by atoms with van der Waals surface area (Å²) in [6, 6.07) is 10.1. The number of carbonyl (C=O) groups excluding carboxylic acids is 1. The Morgan fingerprint density at radius 1 is 1.06 bits per heavy atom. The van der Waals surface area contributed by atoms with Gasteiger partial charge >= 0.3 is 11.7 Å². The fraction of sp³-hybridized carbons (Fsp3) is 0.593. The van der Waals surface area contributed by atoms with Gasteiger partial charge in [-0.3, -0.25) is 14.8 Å². The Morgan fingerprint density at radius 3 is 2.28 bits per heavy atom. The molecule has 1 aromatic carbocycles. The first-order valence-electron chi connectivity index (χ1n) is 13.1. The maximum atomic E-state index is 12.7. The summed E-state index contributed by atoms with van der Waals surface area (Å²) in [6.45, 7) is 8.93. The van der Waals surface area contributed by atoms with Crippen molar-refractivity contribution in [3.63, 3.8) is 0 Å². The van der Waals surface area contributed by atoms with Crippen molar-refractivity contribution in [3.05, 3.63) is 52.6 Å². The van der Waals surface area contributed by atoms with E-state index in [1.807, 2.05) is 12.1 Å². The molecule has 5 N–H and O–H groups in total. The van der Waals surface area contributed by atoms with Gasteiger partial charge in [-0.25, -0.2) is 9.59 Å². The minimum atomic E-state index is -0.420. The number of aromatic nitrogens is 2. The van der Waals surface area contributed by atoms with Gasteiger partial charge in [0.05, 0.1) is 5.69 Å². The van der Waals surface area contributed by atoms with Gasteiger partial charge in [0.1, 0.15) is 5.82 Å². The second-order valence-electron chi connectivity index (χ2n) is 12.2. The summed E-state index contributed by atoms with van der Waals surface area (Å²) in [5.74, 6) is 0.275. The summed E-state index contributed by atoms with van der Waals surface area (Å²) in [4.78, 5) is 33.8. The Hall–Kier alpha value is -2.75. The second-order valence-corrected chi connectivity index (χ2v) is 12.2. The number of piperidine rings is 2. The number of likely N-dealkylation sites (tertiary alicyclic amines) is 2. The lowest BCUT2D eigenvalue weighted by Crippen LogP contribution is -2.53. The van der Waals surface area contributed by atoms with Gasteiger partial charge in [0.25, 0.3) is 0 Å². The Morgan fingerprint density at radius 2 is 1.69 bits per heavy atom. The number of hydrogen-bond acceptors (Lipinski definition) is 6. The molecule has 1 spiro atoms. The van der Waals surface area contributed by atoms with E-state index in [1.165, 1.54) is 10.1 Å². The average Bonchev–Trinajstić information content (AvgIpc) is 3.07. The van der Waals surface area contributed by atoms with E-state index in [9.17, 15) is 9.59 Å². The van der Waals surface area contributed by atoms with Crippen molar-refractivity contribution < 1.29 is 4.79 Å². The normalized spacial score (nSPS) is 31.2. The highest BCUT2D eigenvalue weighted by Gasteiger charge is 2.73. The van der Waals surface area contributed by atoms with Crippen molar-refractivity contribution >= 4 is 11.8 Å². The van der Waals surface area contributed by atoms with Crippen molar-refractivity contribution in [2.45, 2.75) is 58.2 Å². The summed E-state index contributed by atoms with van der Waals surface area (Å²) in [7, 11) is 0. The van der Waals surface area contributed by atoms with Crippen LogP contribution in [0.25, 0.3) is 5.69 Å². The molecule has 4 fully saturated rings. The molecular formula is C27H37N7O2. The summed E-state index contributed by atoms with van der Waals surface area (Å²) in [6.07, 6.45) is 5.77. The molecule has 9 heteroatoms. The van der Waals surface area contributed by atoms with E-state index in [-0.39, 0.29) is 22.7 Å². The largest absolute Gasteiger partial charge is 0.354 e. The predicted molar refractivity (Wildman–Crippen MR) is 139 cm³/mol. The van der Waals surface area contributed by atoms with Gasteiger partial charge in [-0.1, -0.05) is 26.0 Å². The molecular weight excluding hydrogens is 454 g/mol. The molecule has 4 aliphatic rings. The van der Waals surface area contributed by atoms with Crippen LogP contribution in [0, 0.1) is 16.2 Å². The Labute approximate surface area is 211 Å². The number of carbonyl (C=O) groups is 1. The van der Waals surface area contributed by atoms with Gasteiger partial charge in [0.15, 0.2) is 0 Å². The average molecular weight is 492 g/mol. The van der Waals surface area contributed by atoms with E-state index in [0.29, 0.717) is 30.6 Å². The highest BCUT2D eigenvalue weighted by atomic mass is 16.2. The van der Waals surface area contributed by atoms with Crippen LogP contribution in [-0.4, -0.2) is 63.6 Å². The van der Waals surface area contributed by atoms with Crippen LogP contribution >= 0.6 is 0 Å². The summed E-state index contributed by atoms with van der Waals surface area (Å²) in [5, 5.41) is 2.79. The SMILES string of the molecule is CC12CN(Cc3ccc(-n4ccc(NC(=O)N5CCC6(CC5)CC(N)C6)nc4=O)cc3)C[C@]1(C)C2N. The number of amides is 2. The lowest BCUT2D eigenvalue weighted by atomic mass is 9.61. The van der Waals surface area contributed by atoms with Gasteiger partial charge in [-0.05, 0) is 54.9 Å². The van der Waals surface area contributed by atoms with Gasteiger partial charge in [-0.2, -0.15) is 4.98 Å². The third kappa shape index (κ3) is 3.76. The van der Waals surface area contributed by atoms with E-state index >= 15 is 0 Å². The van der Waals surface area contributed by atoms with E-state index < -0.39 is 5.69 Å². The van der Waals surface area contributed by atoms with Crippen molar-refractivity contribution in [2.75, 3.05) is 31.5 Å². The van der Waals surface area contributed by atoms with Crippen molar-refractivity contribution in [2.24, 2.45) is 27.7 Å². The number of nitrogens with zero attached hydrogens (tertiary/aromatic N) is 4. The zero-order chi connectivity index (χ0) is 25.3. The number of urea groups is 1. The molecule has 2 aromatic rings. The zero-order valence-electron chi connectivity index (χ0n) is 21.2. The van der Waals surface area contributed by atoms with E-state index in [0.717, 1.165) is 51.0 Å². The maximum absolute atomic E-state index is 12.7. The Balaban J connectivity index is 1.05. The van der Waals surface area contributed by atoms with Crippen LogP contribution in [0.4, 0.5) is 10.6 Å². The summed E-state index contributed by atoms with van der Waals surface area (Å²) >= 11 is 0. The van der Waals surface area contributed by atoms with Crippen LogP contribution in [0.5, 0.6) is 0 Å². The van der Waals surface area contributed by atoms with Gasteiger partial charge in [0, 0.05) is 61.8 Å². The second kappa shape index (κ2) is 8.13. The number of nitrogens with two attached hydrogens (primary N) is 2. The van der Waals surface area contributed by atoms with Crippen LogP contribution in [-0.2, 0) is 6.54 Å². The first kappa shape index (κ1) is 23.6. The van der Waals surface area contributed by atoms with E-state index in [1.54, 1.807) is 17.2 Å². The molecule has 2 saturated carbocycles. The standard InChI is InChI=1S/C27H37N7O2/c1-25-16-32(17-26(25,2)22(25)29)15-18-3-5-20(6-4-18)34-10-7-21(31-24(34)36)30-23(35)33-11-8-27(9-12-33)13-19(28)14-27/h3-7,10,19,22H,8-9,11-17,28-29H2,1-2H3,(H,30,31,35,36)/t22?,25-,26?/m1/s1. The number of nitrogens with one attached hydrogen (secondary N) is 1. The molecule has 0 bridgehead atoms. The lowest BCUT2D eigenvalue weighted by molar-refractivity contribution is 0.0317. The van der Waals surface area contributed by atoms with Crippen molar-refractivity contribution in [3.8, 4) is 5.69 Å². The lowest BCUT2D eigenvalue weighted by Gasteiger charge is -2.51. The highest BCUT2D eigenvalue weighted by Crippen LogP contribution is 2.66. The smallest absolute Gasteiger partial charge is 0.328 e. The topological polar surface area (TPSA) is 123 Å². The van der Waals surface area contributed by atoms with Crippen LogP contribution in [0.3, 0.4) is 0 Å². The minimum Gasteiger partial charge on any atom is -0.328 e. The van der Waals surface area contributed by atoms with Crippen molar-refractivity contribution in [1.82, 2.24) is 19.4 Å². The Kier molecular flexibility index (Phi) is 5.34.